The summed E-state index contributed by atoms with van der Waals surface area (Å²) >= 11 is 0. The fourth-order valence-corrected chi connectivity index (χ4v) is 8.81. The average molecular weight is 407 g/mol. The molecular formula is C25H42O4. The van der Waals surface area contributed by atoms with Crippen LogP contribution in [0.2, 0.25) is 0 Å². The lowest BCUT2D eigenvalue weighted by molar-refractivity contribution is -0.175. The summed E-state index contributed by atoms with van der Waals surface area (Å²) in [5.41, 5.74) is 0.271. The molecule has 0 radical (unpaired) electrons. The molecule has 4 aliphatic rings. The Morgan fingerprint density at radius 1 is 1.07 bits per heavy atom. The zero-order valence-corrected chi connectivity index (χ0v) is 18.9. The zero-order valence-electron chi connectivity index (χ0n) is 18.9. The highest BCUT2D eigenvalue weighted by molar-refractivity contribution is 5.69. The number of carbonyl (C=O) groups is 1. The van der Waals surface area contributed by atoms with E-state index in [0.717, 1.165) is 38.0 Å². The molecule has 2 N–H and O–H groups in total. The van der Waals surface area contributed by atoms with Crippen molar-refractivity contribution in [3.05, 3.63) is 0 Å². The molecule has 29 heavy (non-hydrogen) atoms. The fourth-order valence-electron chi connectivity index (χ4n) is 8.81. The minimum absolute atomic E-state index is 0.0198. The van der Waals surface area contributed by atoms with E-state index < -0.39 is 0 Å². The second kappa shape index (κ2) is 7.82. The summed E-state index contributed by atoms with van der Waals surface area (Å²) in [5, 5.41) is 21.8. The predicted molar refractivity (Wildman–Crippen MR) is 113 cm³/mol. The number of fused-ring (bicyclic) bond motifs is 5. The molecule has 0 aromatic heterocycles. The number of carbonyl (C=O) groups excluding carboxylic acids is 1. The van der Waals surface area contributed by atoms with E-state index in [2.05, 4.69) is 20.8 Å². The van der Waals surface area contributed by atoms with Crippen molar-refractivity contribution in [3.8, 4) is 0 Å². The van der Waals surface area contributed by atoms with Gasteiger partial charge in [-0.1, -0.05) is 20.8 Å². The van der Waals surface area contributed by atoms with Crippen LogP contribution in [-0.4, -0.2) is 35.5 Å². The first-order chi connectivity index (χ1) is 13.7. The van der Waals surface area contributed by atoms with Crippen LogP contribution < -0.4 is 0 Å². The lowest BCUT2D eigenvalue weighted by Gasteiger charge is -2.62. The maximum Gasteiger partial charge on any atom is 0.305 e. The molecule has 0 heterocycles. The smallest absolute Gasteiger partial charge is 0.305 e. The summed E-state index contributed by atoms with van der Waals surface area (Å²) in [5.74, 6) is 3.36. The van der Waals surface area contributed by atoms with E-state index in [1.165, 1.54) is 32.8 Å². The van der Waals surface area contributed by atoms with Gasteiger partial charge < -0.3 is 14.9 Å². The molecule has 0 aliphatic heterocycles. The number of ether oxygens (including phenoxy) is 1. The summed E-state index contributed by atoms with van der Waals surface area (Å²) in [6, 6.07) is 0. The topological polar surface area (TPSA) is 66.8 Å². The Morgan fingerprint density at radius 3 is 2.55 bits per heavy atom. The van der Waals surface area contributed by atoms with Gasteiger partial charge >= 0.3 is 5.97 Å². The molecule has 166 valence electrons. The highest BCUT2D eigenvalue weighted by Gasteiger charge is 2.63. The second-order valence-corrected chi connectivity index (χ2v) is 11.5. The van der Waals surface area contributed by atoms with Gasteiger partial charge in [0.25, 0.3) is 0 Å². The van der Waals surface area contributed by atoms with E-state index in [1.54, 1.807) is 0 Å². The van der Waals surface area contributed by atoms with Gasteiger partial charge in [0.05, 0.1) is 19.3 Å². The molecular weight excluding hydrogens is 364 g/mol. The van der Waals surface area contributed by atoms with Gasteiger partial charge in [0.2, 0.25) is 0 Å². The average Bonchev–Trinajstić information content (AvgIpc) is 3.06. The monoisotopic (exact) mass is 406 g/mol. The van der Waals surface area contributed by atoms with Gasteiger partial charge in [0, 0.05) is 6.42 Å². The van der Waals surface area contributed by atoms with Crippen molar-refractivity contribution in [1.82, 2.24) is 0 Å². The van der Waals surface area contributed by atoms with Crippen LogP contribution in [0, 0.1) is 46.3 Å². The number of hydrogen-bond donors (Lipinski definition) is 2. The van der Waals surface area contributed by atoms with Crippen molar-refractivity contribution >= 4 is 5.97 Å². The molecule has 0 unspecified atom stereocenters. The summed E-state index contributed by atoms with van der Waals surface area (Å²) < 4.78 is 4.85. The van der Waals surface area contributed by atoms with Gasteiger partial charge in [-0.25, -0.2) is 0 Å². The molecule has 4 saturated carbocycles. The van der Waals surface area contributed by atoms with Crippen LogP contribution in [-0.2, 0) is 9.53 Å². The molecule has 0 bridgehead atoms. The number of aliphatic hydroxyl groups excluding tert-OH is 2. The second-order valence-electron chi connectivity index (χ2n) is 11.5. The van der Waals surface area contributed by atoms with Crippen molar-refractivity contribution in [2.45, 2.75) is 97.2 Å². The molecule has 4 aliphatic carbocycles. The molecule has 0 amide bonds. The van der Waals surface area contributed by atoms with Gasteiger partial charge in [-0.3, -0.25) is 4.79 Å². The highest BCUT2D eigenvalue weighted by atomic mass is 16.5. The van der Waals surface area contributed by atoms with Crippen molar-refractivity contribution in [2.24, 2.45) is 46.3 Å². The third-order valence-electron chi connectivity index (χ3n) is 10.5. The first-order valence-corrected chi connectivity index (χ1v) is 12.1. The fraction of sp³-hybridized carbons (Fsp3) is 0.960. The molecule has 10 atom stereocenters. The van der Waals surface area contributed by atoms with E-state index in [4.69, 9.17) is 4.74 Å². The quantitative estimate of drug-likeness (QED) is 0.671. The predicted octanol–water partition coefficient (Wildman–Crippen LogP) is 4.57. The van der Waals surface area contributed by atoms with Crippen LogP contribution >= 0.6 is 0 Å². The van der Waals surface area contributed by atoms with Gasteiger partial charge in [0.15, 0.2) is 0 Å². The van der Waals surface area contributed by atoms with Crippen LogP contribution in [0.3, 0.4) is 0 Å². The standard InChI is InChI=1S/C25H42O4/c1-15(5-10-23(28)29-4)19-8-9-20-18-7-6-16-13-17(26)11-12-24(16,2)21(18)14-22(27)25(19,20)3/h15-22,26-27H,5-14H2,1-4H3/t15-,16+,17+,18-,19-,20+,21+,22-,24-,25+/m0/s1. The Bertz CT molecular complexity index is 620. The van der Waals surface area contributed by atoms with Gasteiger partial charge in [-0.05, 0) is 104 Å². The molecule has 4 heteroatoms. The van der Waals surface area contributed by atoms with E-state index in [1.807, 2.05) is 0 Å². The Morgan fingerprint density at radius 2 is 1.83 bits per heavy atom. The number of methoxy groups -OCH3 is 1. The van der Waals surface area contributed by atoms with Crippen LogP contribution in [0.15, 0.2) is 0 Å². The Hall–Kier alpha value is -0.610. The third kappa shape index (κ3) is 3.37. The lowest BCUT2D eigenvalue weighted by atomic mass is 9.43. The van der Waals surface area contributed by atoms with Crippen LogP contribution in [0.25, 0.3) is 0 Å². The number of hydrogen-bond acceptors (Lipinski definition) is 4. The maximum atomic E-state index is 11.6. The molecule has 0 aromatic carbocycles. The van der Waals surface area contributed by atoms with Crippen LogP contribution in [0.4, 0.5) is 0 Å². The SMILES string of the molecule is COC(=O)CC[C@H](C)[C@@H]1CC[C@@H]2[C@@H]3CC[C@@H]4C[C@H](O)CC[C@]4(C)[C@@H]3C[C@H](O)[C@@]21C. The van der Waals surface area contributed by atoms with Crippen molar-refractivity contribution in [1.29, 1.82) is 0 Å². The summed E-state index contributed by atoms with van der Waals surface area (Å²) in [6.07, 6.45) is 9.86. The lowest BCUT2D eigenvalue weighted by Crippen LogP contribution is -2.58. The van der Waals surface area contributed by atoms with E-state index in [-0.39, 0.29) is 23.6 Å². The maximum absolute atomic E-state index is 11.6. The van der Waals surface area contributed by atoms with Gasteiger partial charge in [0.1, 0.15) is 0 Å². The first kappa shape index (κ1) is 21.6. The van der Waals surface area contributed by atoms with Crippen LogP contribution in [0.1, 0.15) is 85.0 Å². The van der Waals surface area contributed by atoms with E-state index in [9.17, 15) is 15.0 Å². The summed E-state index contributed by atoms with van der Waals surface area (Å²) in [6.45, 7) is 7.12. The Balaban J connectivity index is 1.53. The number of rotatable bonds is 4. The highest BCUT2D eigenvalue weighted by Crippen LogP contribution is 2.68. The first-order valence-electron chi connectivity index (χ1n) is 12.1. The van der Waals surface area contributed by atoms with Crippen molar-refractivity contribution < 1.29 is 19.7 Å². The van der Waals surface area contributed by atoms with E-state index in [0.29, 0.717) is 41.4 Å². The molecule has 4 fully saturated rings. The molecule has 0 spiro atoms. The van der Waals surface area contributed by atoms with Crippen molar-refractivity contribution in [3.63, 3.8) is 0 Å². The van der Waals surface area contributed by atoms with Gasteiger partial charge in [-0.2, -0.15) is 0 Å². The number of aliphatic hydroxyl groups is 2. The summed E-state index contributed by atoms with van der Waals surface area (Å²) in [4.78, 5) is 11.6. The minimum atomic E-state index is -0.246. The Kier molecular flexibility index (Phi) is 5.83. The van der Waals surface area contributed by atoms with Gasteiger partial charge in [-0.15, -0.1) is 0 Å². The molecule has 4 nitrogen and oxygen atoms in total. The van der Waals surface area contributed by atoms with E-state index >= 15 is 0 Å². The minimum Gasteiger partial charge on any atom is -0.469 e. The summed E-state index contributed by atoms with van der Waals surface area (Å²) in [7, 11) is 1.46. The number of esters is 1. The Labute approximate surface area is 176 Å². The zero-order chi connectivity index (χ0) is 21.0. The third-order valence-corrected chi connectivity index (χ3v) is 10.5. The normalized spacial score (nSPS) is 50.2. The molecule has 0 aromatic rings. The van der Waals surface area contributed by atoms with Crippen LogP contribution in [0.5, 0.6) is 0 Å². The largest absolute Gasteiger partial charge is 0.469 e. The molecule has 4 rings (SSSR count). The van der Waals surface area contributed by atoms with Crippen molar-refractivity contribution in [2.75, 3.05) is 7.11 Å². The molecule has 0 saturated heterocycles.